The Kier molecular flexibility index (Phi) is 3.85. The first-order valence-corrected chi connectivity index (χ1v) is 7.41. The molecule has 1 aromatic heterocycles. The van der Waals surface area contributed by atoms with Gasteiger partial charge in [-0.3, -0.25) is 14.2 Å². The zero-order valence-electron chi connectivity index (χ0n) is 12.8. The number of hydrogen-bond acceptors (Lipinski definition) is 3. The SMILES string of the molecule is O=C(Cn1c(=O)[nH]c2ccccc21)N1CCC(C(=O)O)(C(F)(F)F)C1. The van der Waals surface area contributed by atoms with E-state index in [0.29, 0.717) is 11.0 Å². The molecule has 10 heteroatoms. The highest BCUT2D eigenvalue weighted by atomic mass is 19.4. The first-order chi connectivity index (χ1) is 11.7. The summed E-state index contributed by atoms with van der Waals surface area (Å²) in [6.07, 6.45) is -5.67. The molecule has 3 rings (SSSR count). The van der Waals surface area contributed by atoms with Crippen molar-refractivity contribution in [1.82, 2.24) is 14.5 Å². The number of benzene rings is 1. The molecule has 2 aromatic rings. The van der Waals surface area contributed by atoms with Crippen LogP contribution in [0.4, 0.5) is 13.2 Å². The maximum Gasteiger partial charge on any atom is 0.406 e. The summed E-state index contributed by atoms with van der Waals surface area (Å²) < 4.78 is 40.6. The van der Waals surface area contributed by atoms with E-state index in [1.54, 1.807) is 24.3 Å². The van der Waals surface area contributed by atoms with Crippen LogP contribution in [0.5, 0.6) is 0 Å². The highest BCUT2D eigenvalue weighted by molar-refractivity contribution is 5.83. The molecule has 0 saturated carbocycles. The van der Waals surface area contributed by atoms with Gasteiger partial charge in [0.15, 0.2) is 5.41 Å². The lowest BCUT2D eigenvalue weighted by Gasteiger charge is -2.27. The van der Waals surface area contributed by atoms with Crippen LogP contribution >= 0.6 is 0 Å². The molecule has 1 aliphatic rings. The van der Waals surface area contributed by atoms with Gasteiger partial charge in [0.05, 0.1) is 11.0 Å². The van der Waals surface area contributed by atoms with Crippen molar-refractivity contribution in [3.8, 4) is 0 Å². The summed E-state index contributed by atoms with van der Waals surface area (Å²) >= 11 is 0. The zero-order chi connectivity index (χ0) is 18.4. The Morgan fingerprint density at radius 2 is 1.96 bits per heavy atom. The number of para-hydroxylation sites is 2. The Bertz CT molecular complexity index is 901. The van der Waals surface area contributed by atoms with Crippen molar-refractivity contribution in [2.24, 2.45) is 5.41 Å². The van der Waals surface area contributed by atoms with Crippen molar-refractivity contribution < 1.29 is 27.9 Å². The molecule has 1 aromatic carbocycles. The minimum absolute atomic E-state index is 0.332. The Balaban J connectivity index is 1.84. The van der Waals surface area contributed by atoms with E-state index in [2.05, 4.69) is 4.98 Å². The summed E-state index contributed by atoms with van der Waals surface area (Å²) in [6, 6.07) is 6.58. The predicted molar refractivity (Wildman–Crippen MR) is 79.9 cm³/mol. The fraction of sp³-hybridized carbons (Fsp3) is 0.400. The number of likely N-dealkylation sites (tertiary alicyclic amines) is 1. The molecule has 1 saturated heterocycles. The van der Waals surface area contributed by atoms with Crippen LogP contribution in [-0.2, 0) is 16.1 Å². The normalized spacial score (nSPS) is 21.0. The number of carboxylic acid groups (broad SMARTS) is 1. The third kappa shape index (κ3) is 2.67. The van der Waals surface area contributed by atoms with Gasteiger partial charge in [-0.05, 0) is 18.6 Å². The van der Waals surface area contributed by atoms with Crippen LogP contribution in [0.3, 0.4) is 0 Å². The molecule has 0 aliphatic carbocycles. The topological polar surface area (TPSA) is 95.4 Å². The first-order valence-electron chi connectivity index (χ1n) is 7.41. The summed E-state index contributed by atoms with van der Waals surface area (Å²) in [5, 5.41) is 9.02. The van der Waals surface area contributed by atoms with E-state index in [-0.39, 0.29) is 6.54 Å². The molecule has 1 amide bonds. The predicted octanol–water partition coefficient (Wildman–Crippen LogP) is 1.20. The molecular formula is C15H14F3N3O4. The van der Waals surface area contributed by atoms with Gasteiger partial charge in [-0.25, -0.2) is 4.79 Å². The van der Waals surface area contributed by atoms with Gasteiger partial charge in [0.1, 0.15) is 6.54 Å². The average Bonchev–Trinajstić information content (AvgIpc) is 3.10. The van der Waals surface area contributed by atoms with E-state index in [0.717, 1.165) is 9.47 Å². The second kappa shape index (κ2) is 5.64. The van der Waals surface area contributed by atoms with E-state index in [1.807, 2.05) is 0 Å². The van der Waals surface area contributed by atoms with Gasteiger partial charge >= 0.3 is 17.8 Å². The Morgan fingerprint density at radius 1 is 1.28 bits per heavy atom. The lowest BCUT2D eigenvalue weighted by atomic mass is 9.86. The molecule has 2 N–H and O–H groups in total. The van der Waals surface area contributed by atoms with E-state index in [9.17, 15) is 27.6 Å². The van der Waals surface area contributed by atoms with Crippen LogP contribution in [-0.4, -0.2) is 50.7 Å². The number of halogens is 3. The number of aliphatic carboxylic acids is 1. The number of aromatic nitrogens is 2. The number of carboxylic acids is 1. The Hall–Kier alpha value is -2.78. The van der Waals surface area contributed by atoms with Crippen molar-refractivity contribution in [2.45, 2.75) is 19.1 Å². The highest BCUT2D eigenvalue weighted by Gasteiger charge is 2.64. The Morgan fingerprint density at radius 3 is 2.56 bits per heavy atom. The molecule has 7 nitrogen and oxygen atoms in total. The number of amides is 1. The largest absolute Gasteiger partial charge is 0.481 e. The fourth-order valence-electron chi connectivity index (χ4n) is 3.05. The molecular weight excluding hydrogens is 343 g/mol. The van der Waals surface area contributed by atoms with E-state index in [4.69, 9.17) is 5.11 Å². The molecule has 25 heavy (non-hydrogen) atoms. The molecule has 0 radical (unpaired) electrons. The van der Waals surface area contributed by atoms with E-state index >= 15 is 0 Å². The summed E-state index contributed by atoms with van der Waals surface area (Å²) in [5.41, 5.74) is -2.58. The molecule has 1 atom stereocenters. The number of carbonyl (C=O) groups excluding carboxylic acids is 1. The van der Waals surface area contributed by atoms with E-state index < -0.39 is 48.7 Å². The fourth-order valence-corrected chi connectivity index (χ4v) is 3.05. The molecule has 1 fully saturated rings. The van der Waals surface area contributed by atoms with Crippen molar-refractivity contribution in [3.63, 3.8) is 0 Å². The van der Waals surface area contributed by atoms with Crippen molar-refractivity contribution in [3.05, 3.63) is 34.7 Å². The number of fused-ring (bicyclic) bond motifs is 1. The maximum absolute atomic E-state index is 13.2. The van der Waals surface area contributed by atoms with Crippen LogP contribution in [0.15, 0.2) is 29.1 Å². The smallest absolute Gasteiger partial charge is 0.406 e. The number of hydrogen-bond donors (Lipinski definition) is 2. The maximum atomic E-state index is 13.2. The molecule has 2 heterocycles. The second-order valence-corrected chi connectivity index (χ2v) is 5.98. The van der Waals surface area contributed by atoms with Crippen molar-refractivity contribution in [1.29, 1.82) is 0 Å². The van der Waals surface area contributed by atoms with Crippen molar-refractivity contribution >= 4 is 22.9 Å². The number of H-pyrrole nitrogens is 1. The van der Waals surface area contributed by atoms with Gasteiger partial charge in [0.25, 0.3) is 0 Å². The molecule has 0 bridgehead atoms. The molecule has 0 spiro atoms. The lowest BCUT2D eigenvalue weighted by molar-refractivity contribution is -0.227. The first kappa shape index (κ1) is 17.1. The monoisotopic (exact) mass is 357 g/mol. The standard InChI is InChI=1S/C15H14F3N3O4/c16-15(17,18)14(12(23)24)5-6-20(8-14)11(22)7-21-10-4-2-1-3-9(10)19-13(21)25/h1-4H,5-8H2,(H,19,25)(H,23,24). The summed E-state index contributed by atoms with van der Waals surface area (Å²) in [5.74, 6) is -2.74. The second-order valence-electron chi connectivity index (χ2n) is 5.98. The van der Waals surface area contributed by atoms with Gasteiger partial charge in [-0.1, -0.05) is 12.1 Å². The van der Waals surface area contributed by atoms with Crippen LogP contribution < -0.4 is 5.69 Å². The van der Waals surface area contributed by atoms with E-state index in [1.165, 1.54) is 0 Å². The number of alkyl halides is 3. The minimum Gasteiger partial charge on any atom is -0.481 e. The van der Waals surface area contributed by atoms with Gasteiger partial charge in [0, 0.05) is 13.1 Å². The third-order valence-corrected chi connectivity index (χ3v) is 4.55. The highest BCUT2D eigenvalue weighted by Crippen LogP contribution is 2.45. The number of nitrogens with zero attached hydrogens (tertiary/aromatic N) is 2. The lowest BCUT2D eigenvalue weighted by Crippen LogP contribution is -2.48. The van der Waals surface area contributed by atoms with Gasteiger partial charge in [0.2, 0.25) is 5.91 Å². The summed E-state index contributed by atoms with van der Waals surface area (Å²) in [4.78, 5) is 38.8. The van der Waals surface area contributed by atoms with Crippen LogP contribution in [0.1, 0.15) is 6.42 Å². The number of nitrogens with one attached hydrogen (secondary N) is 1. The quantitative estimate of drug-likeness (QED) is 0.863. The number of aromatic amines is 1. The number of rotatable bonds is 3. The van der Waals surface area contributed by atoms with Gasteiger partial charge in [-0.15, -0.1) is 0 Å². The van der Waals surface area contributed by atoms with Crippen LogP contribution in [0.25, 0.3) is 11.0 Å². The molecule has 1 aliphatic heterocycles. The van der Waals surface area contributed by atoms with Crippen LogP contribution in [0.2, 0.25) is 0 Å². The Labute approximate surface area is 138 Å². The van der Waals surface area contributed by atoms with Crippen LogP contribution in [0, 0.1) is 5.41 Å². The number of imidazole rings is 1. The summed E-state index contributed by atoms with van der Waals surface area (Å²) in [7, 11) is 0. The zero-order valence-corrected chi connectivity index (χ0v) is 12.8. The van der Waals surface area contributed by atoms with Gasteiger partial charge < -0.3 is 15.0 Å². The van der Waals surface area contributed by atoms with Gasteiger partial charge in [-0.2, -0.15) is 13.2 Å². The average molecular weight is 357 g/mol. The van der Waals surface area contributed by atoms with Crippen molar-refractivity contribution in [2.75, 3.05) is 13.1 Å². The molecule has 1 unspecified atom stereocenters. The molecule has 134 valence electrons. The number of carbonyl (C=O) groups is 2. The summed E-state index contributed by atoms with van der Waals surface area (Å²) in [6.45, 7) is -1.75. The third-order valence-electron chi connectivity index (χ3n) is 4.55. The minimum atomic E-state index is -4.97.